The standard InChI is InChI=1S/C26H30FN3O4/c1-17(2)34-21-9-5-19(6-10-21)24(31)22-23(18-3-7-20(27)8-4-18)30(26(33)25(22)32)16-15-29-13-11-28-12-14-29/h3-10,17,23,28,31H,11-16H2,1-2H3/t23-/m1/s1. The number of aliphatic hydroxyl groups excluding tert-OH is 1. The van der Waals surface area contributed by atoms with Crippen molar-refractivity contribution in [1.82, 2.24) is 15.1 Å². The zero-order valence-corrected chi connectivity index (χ0v) is 19.5. The highest BCUT2D eigenvalue weighted by Crippen LogP contribution is 2.39. The minimum atomic E-state index is -0.796. The van der Waals surface area contributed by atoms with E-state index in [0.29, 0.717) is 30.0 Å². The Hall–Kier alpha value is -3.23. The van der Waals surface area contributed by atoms with Gasteiger partial charge in [-0.2, -0.15) is 0 Å². The minimum absolute atomic E-state index is 0.000988. The van der Waals surface area contributed by atoms with Gasteiger partial charge in [0.2, 0.25) is 0 Å². The topological polar surface area (TPSA) is 82.1 Å². The summed E-state index contributed by atoms with van der Waals surface area (Å²) in [6.45, 7) is 8.22. The van der Waals surface area contributed by atoms with Gasteiger partial charge in [0.1, 0.15) is 17.3 Å². The molecular weight excluding hydrogens is 437 g/mol. The van der Waals surface area contributed by atoms with Crippen molar-refractivity contribution in [3.63, 3.8) is 0 Å². The Bertz CT molecular complexity index is 1060. The second kappa shape index (κ2) is 10.4. The number of nitrogens with zero attached hydrogens (tertiary/aromatic N) is 2. The summed E-state index contributed by atoms with van der Waals surface area (Å²) < 4.78 is 19.3. The first kappa shape index (κ1) is 23.9. The van der Waals surface area contributed by atoms with E-state index in [-0.39, 0.29) is 17.4 Å². The van der Waals surface area contributed by atoms with Crippen LogP contribution >= 0.6 is 0 Å². The lowest BCUT2D eigenvalue weighted by atomic mass is 9.95. The van der Waals surface area contributed by atoms with Gasteiger partial charge in [0, 0.05) is 44.8 Å². The van der Waals surface area contributed by atoms with Crippen LogP contribution in [0.1, 0.15) is 31.0 Å². The van der Waals surface area contributed by atoms with Crippen molar-refractivity contribution in [2.75, 3.05) is 39.3 Å². The zero-order valence-electron chi connectivity index (χ0n) is 19.5. The molecule has 4 rings (SSSR count). The first-order valence-corrected chi connectivity index (χ1v) is 11.6. The van der Waals surface area contributed by atoms with Gasteiger partial charge in [-0.05, 0) is 55.8 Å². The number of ether oxygens (including phenoxy) is 1. The summed E-state index contributed by atoms with van der Waals surface area (Å²) in [6, 6.07) is 11.6. The van der Waals surface area contributed by atoms with Crippen LogP contribution in [-0.2, 0) is 9.59 Å². The molecule has 2 aliphatic heterocycles. The van der Waals surface area contributed by atoms with E-state index in [4.69, 9.17) is 4.74 Å². The highest BCUT2D eigenvalue weighted by molar-refractivity contribution is 6.46. The number of carbonyl (C=O) groups is 2. The van der Waals surface area contributed by atoms with Gasteiger partial charge in [0.15, 0.2) is 0 Å². The molecule has 0 radical (unpaired) electrons. The summed E-state index contributed by atoms with van der Waals surface area (Å²) in [4.78, 5) is 29.9. The third-order valence-electron chi connectivity index (χ3n) is 6.09. The molecule has 2 heterocycles. The van der Waals surface area contributed by atoms with Crippen molar-refractivity contribution in [1.29, 1.82) is 0 Å². The molecule has 34 heavy (non-hydrogen) atoms. The molecule has 0 spiro atoms. The van der Waals surface area contributed by atoms with E-state index in [0.717, 1.165) is 26.2 Å². The highest BCUT2D eigenvalue weighted by atomic mass is 19.1. The number of rotatable bonds is 7. The van der Waals surface area contributed by atoms with E-state index < -0.39 is 23.5 Å². The van der Waals surface area contributed by atoms with Gasteiger partial charge >= 0.3 is 0 Å². The van der Waals surface area contributed by atoms with Gasteiger partial charge in [0.25, 0.3) is 11.7 Å². The predicted molar refractivity (Wildman–Crippen MR) is 127 cm³/mol. The number of nitrogens with one attached hydrogen (secondary N) is 1. The van der Waals surface area contributed by atoms with Crippen LogP contribution in [0.15, 0.2) is 54.1 Å². The lowest BCUT2D eigenvalue weighted by Crippen LogP contribution is -2.46. The van der Waals surface area contributed by atoms with Gasteiger partial charge in [-0.3, -0.25) is 14.5 Å². The number of amides is 1. The maximum atomic E-state index is 13.6. The number of ketones is 1. The molecule has 2 N–H and O–H groups in total. The molecule has 180 valence electrons. The molecule has 2 aromatic rings. The number of hydrogen-bond acceptors (Lipinski definition) is 6. The number of piperazine rings is 1. The van der Waals surface area contributed by atoms with Crippen molar-refractivity contribution in [3.05, 3.63) is 71.0 Å². The highest BCUT2D eigenvalue weighted by Gasteiger charge is 2.46. The van der Waals surface area contributed by atoms with Crippen LogP contribution in [0.3, 0.4) is 0 Å². The molecule has 0 bridgehead atoms. The fourth-order valence-corrected chi connectivity index (χ4v) is 4.41. The first-order valence-electron chi connectivity index (χ1n) is 11.6. The summed E-state index contributed by atoms with van der Waals surface area (Å²) in [6.07, 6.45) is -0.000988. The van der Waals surface area contributed by atoms with Crippen molar-refractivity contribution in [2.45, 2.75) is 26.0 Å². The Balaban J connectivity index is 1.69. The van der Waals surface area contributed by atoms with Gasteiger partial charge in [0.05, 0.1) is 17.7 Å². The van der Waals surface area contributed by atoms with E-state index in [2.05, 4.69) is 10.2 Å². The SMILES string of the molecule is CC(C)Oc1ccc(C(O)=C2C(=O)C(=O)N(CCN3CCNCC3)[C@@H]2c2ccc(F)cc2)cc1. The van der Waals surface area contributed by atoms with Crippen molar-refractivity contribution in [2.24, 2.45) is 0 Å². The van der Waals surface area contributed by atoms with E-state index >= 15 is 0 Å². The molecule has 8 heteroatoms. The van der Waals surface area contributed by atoms with Gasteiger partial charge in [-0.25, -0.2) is 4.39 Å². The molecule has 0 aliphatic carbocycles. The Kier molecular flexibility index (Phi) is 7.29. The normalized spacial score (nSPS) is 20.8. The van der Waals surface area contributed by atoms with Gasteiger partial charge in [-0.1, -0.05) is 12.1 Å². The van der Waals surface area contributed by atoms with E-state index in [1.54, 1.807) is 36.4 Å². The van der Waals surface area contributed by atoms with Crippen LogP contribution in [0.2, 0.25) is 0 Å². The second-order valence-corrected chi connectivity index (χ2v) is 8.83. The van der Waals surface area contributed by atoms with E-state index in [1.807, 2.05) is 13.8 Å². The molecular formula is C26H30FN3O4. The molecule has 2 aliphatic rings. The number of hydrogen-bond donors (Lipinski definition) is 2. The van der Waals surface area contributed by atoms with Crippen molar-refractivity contribution in [3.8, 4) is 5.75 Å². The molecule has 7 nitrogen and oxygen atoms in total. The lowest BCUT2D eigenvalue weighted by Gasteiger charge is -2.31. The van der Waals surface area contributed by atoms with Crippen LogP contribution in [0.4, 0.5) is 4.39 Å². The van der Waals surface area contributed by atoms with Gasteiger partial charge < -0.3 is 20.1 Å². The van der Waals surface area contributed by atoms with Crippen molar-refractivity contribution < 1.29 is 23.8 Å². The third-order valence-corrected chi connectivity index (χ3v) is 6.09. The number of aliphatic hydroxyl groups is 1. The van der Waals surface area contributed by atoms with Crippen LogP contribution in [0.5, 0.6) is 5.75 Å². The van der Waals surface area contributed by atoms with E-state index in [9.17, 15) is 19.1 Å². The smallest absolute Gasteiger partial charge is 0.295 e. The van der Waals surface area contributed by atoms with Crippen LogP contribution in [-0.4, -0.2) is 72.0 Å². The predicted octanol–water partition coefficient (Wildman–Crippen LogP) is 2.94. The molecule has 0 saturated carbocycles. The Morgan fingerprint density at radius 1 is 1.06 bits per heavy atom. The molecule has 2 saturated heterocycles. The Labute approximate surface area is 198 Å². The number of benzene rings is 2. The maximum absolute atomic E-state index is 13.6. The van der Waals surface area contributed by atoms with Crippen LogP contribution in [0.25, 0.3) is 5.76 Å². The second-order valence-electron chi connectivity index (χ2n) is 8.83. The third kappa shape index (κ3) is 5.13. The summed E-state index contributed by atoms with van der Waals surface area (Å²) in [5.41, 5.74) is 0.986. The molecule has 0 unspecified atom stereocenters. The van der Waals surface area contributed by atoms with Crippen molar-refractivity contribution >= 4 is 17.4 Å². The number of halogens is 1. The summed E-state index contributed by atoms with van der Waals surface area (Å²) in [7, 11) is 0. The molecule has 1 atom stereocenters. The molecule has 2 fully saturated rings. The molecule has 2 aromatic carbocycles. The summed E-state index contributed by atoms with van der Waals surface area (Å²) >= 11 is 0. The monoisotopic (exact) mass is 467 g/mol. The van der Waals surface area contributed by atoms with Crippen LogP contribution in [0, 0.1) is 5.82 Å². The number of likely N-dealkylation sites (tertiary alicyclic amines) is 1. The average molecular weight is 468 g/mol. The molecule has 0 aromatic heterocycles. The Morgan fingerprint density at radius 3 is 2.32 bits per heavy atom. The minimum Gasteiger partial charge on any atom is -0.507 e. The largest absolute Gasteiger partial charge is 0.507 e. The van der Waals surface area contributed by atoms with Gasteiger partial charge in [-0.15, -0.1) is 0 Å². The van der Waals surface area contributed by atoms with Crippen LogP contribution < -0.4 is 10.1 Å². The lowest BCUT2D eigenvalue weighted by molar-refractivity contribution is -0.140. The first-order chi connectivity index (χ1) is 16.3. The molecule has 1 amide bonds. The Morgan fingerprint density at radius 2 is 1.71 bits per heavy atom. The zero-order chi connectivity index (χ0) is 24.2. The average Bonchev–Trinajstić information content (AvgIpc) is 3.08. The quantitative estimate of drug-likeness (QED) is 0.370. The fourth-order valence-electron chi connectivity index (χ4n) is 4.41. The number of Topliss-reactive ketones (excluding diaryl/α,β-unsaturated/α-hetero) is 1. The van der Waals surface area contributed by atoms with E-state index in [1.165, 1.54) is 17.0 Å². The summed E-state index contributed by atoms with van der Waals surface area (Å²) in [5.74, 6) is -1.44. The fraction of sp³-hybridized carbons (Fsp3) is 0.385. The maximum Gasteiger partial charge on any atom is 0.295 e. The number of carbonyl (C=O) groups excluding carboxylic acids is 2. The summed E-state index contributed by atoms with van der Waals surface area (Å²) in [5, 5.41) is 14.4.